The zero-order valence-electron chi connectivity index (χ0n) is 10.8. The van der Waals surface area contributed by atoms with Gasteiger partial charge < -0.3 is 0 Å². The van der Waals surface area contributed by atoms with Crippen LogP contribution in [0.5, 0.6) is 0 Å². The van der Waals surface area contributed by atoms with Crippen LogP contribution in [0.3, 0.4) is 0 Å². The molecule has 0 saturated heterocycles. The minimum atomic E-state index is -3.18. The first-order chi connectivity index (χ1) is 7.80. The molecule has 0 spiro atoms. The molecule has 1 unspecified atom stereocenters. The van der Waals surface area contributed by atoms with Crippen LogP contribution < -0.4 is 4.31 Å². The van der Waals surface area contributed by atoms with E-state index in [0.29, 0.717) is 12.5 Å². The molecule has 0 saturated carbocycles. The molecule has 0 N–H and O–H groups in total. The molecule has 0 fully saturated rings. The van der Waals surface area contributed by atoms with Crippen molar-refractivity contribution in [3.05, 3.63) is 28.8 Å². The first-order valence-electron chi connectivity index (χ1n) is 5.87. The number of anilines is 1. The van der Waals surface area contributed by atoms with E-state index in [0.717, 1.165) is 17.7 Å². The van der Waals surface area contributed by atoms with Crippen LogP contribution in [0.4, 0.5) is 5.69 Å². The monoisotopic (exact) mass is 253 g/mol. The van der Waals surface area contributed by atoms with Crippen LogP contribution in [0.2, 0.25) is 0 Å². The molecule has 1 aromatic carbocycles. The zero-order chi connectivity index (χ0) is 12.8. The fourth-order valence-corrected chi connectivity index (χ4v) is 3.66. The molecular formula is C13H19NO2S. The van der Waals surface area contributed by atoms with Gasteiger partial charge in [0, 0.05) is 6.54 Å². The number of rotatable bonds is 1. The van der Waals surface area contributed by atoms with E-state index in [-0.39, 0.29) is 0 Å². The van der Waals surface area contributed by atoms with Gasteiger partial charge >= 0.3 is 0 Å². The SMILES string of the molecule is Cc1ccc(C)c2c1CC(C)CN2S(C)(=O)=O. The van der Waals surface area contributed by atoms with Gasteiger partial charge in [-0.15, -0.1) is 0 Å². The van der Waals surface area contributed by atoms with Crippen LogP contribution in [0.15, 0.2) is 12.1 Å². The maximum atomic E-state index is 11.9. The summed E-state index contributed by atoms with van der Waals surface area (Å²) >= 11 is 0. The van der Waals surface area contributed by atoms with Crippen LogP contribution >= 0.6 is 0 Å². The van der Waals surface area contributed by atoms with Gasteiger partial charge in [-0.25, -0.2) is 8.42 Å². The summed E-state index contributed by atoms with van der Waals surface area (Å²) in [5.41, 5.74) is 4.33. The molecule has 1 aliphatic rings. The van der Waals surface area contributed by atoms with Crippen molar-refractivity contribution in [3.8, 4) is 0 Å². The van der Waals surface area contributed by atoms with E-state index in [9.17, 15) is 8.42 Å². The minimum Gasteiger partial charge on any atom is -0.270 e. The predicted molar refractivity (Wildman–Crippen MR) is 71.0 cm³/mol. The van der Waals surface area contributed by atoms with Crippen molar-refractivity contribution in [1.29, 1.82) is 0 Å². The number of nitrogens with zero attached hydrogens (tertiary/aromatic N) is 1. The number of hydrogen-bond acceptors (Lipinski definition) is 2. The van der Waals surface area contributed by atoms with Crippen molar-refractivity contribution < 1.29 is 8.42 Å². The minimum absolute atomic E-state index is 0.373. The summed E-state index contributed by atoms with van der Waals surface area (Å²) in [6.07, 6.45) is 2.26. The smallest absolute Gasteiger partial charge is 0.232 e. The zero-order valence-corrected chi connectivity index (χ0v) is 11.6. The Bertz CT molecular complexity index is 549. The van der Waals surface area contributed by atoms with E-state index < -0.39 is 10.0 Å². The van der Waals surface area contributed by atoms with Gasteiger partial charge in [-0.2, -0.15) is 0 Å². The summed E-state index contributed by atoms with van der Waals surface area (Å²) in [6.45, 7) is 6.72. The lowest BCUT2D eigenvalue weighted by Crippen LogP contribution is -2.39. The molecular weight excluding hydrogens is 234 g/mol. The van der Waals surface area contributed by atoms with Gasteiger partial charge in [0.2, 0.25) is 10.0 Å². The van der Waals surface area contributed by atoms with E-state index in [1.807, 2.05) is 13.0 Å². The Kier molecular flexibility index (Phi) is 2.94. The lowest BCUT2D eigenvalue weighted by atomic mass is 9.90. The van der Waals surface area contributed by atoms with Gasteiger partial charge in [0.1, 0.15) is 0 Å². The second-order valence-electron chi connectivity index (χ2n) is 5.13. The van der Waals surface area contributed by atoms with E-state index >= 15 is 0 Å². The second kappa shape index (κ2) is 4.02. The maximum Gasteiger partial charge on any atom is 0.232 e. The van der Waals surface area contributed by atoms with E-state index in [2.05, 4.69) is 19.9 Å². The summed E-state index contributed by atoms with van der Waals surface area (Å²) in [4.78, 5) is 0. The molecule has 0 aliphatic carbocycles. The first kappa shape index (κ1) is 12.4. The summed E-state index contributed by atoms with van der Waals surface area (Å²) in [5, 5.41) is 0. The Morgan fingerprint density at radius 2 is 1.82 bits per heavy atom. The average Bonchev–Trinajstić information content (AvgIpc) is 2.21. The highest BCUT2D eigenvalue weighted by Gasteiger charge is 2.29. The third-order valence-corrected chi connectivity index (χ3v) is 4.53. The topological polar surface area (TPSA) is 37.4 Å². The molecule has 0 amide bonds. The normalized spacial score (nSPS) is 20.2. The van der Waals surface area contributed by atoms with Crippen molar-refractivity contribution >= 4 is 15.7 Å². The highest BCUT2D eigenvalue weighted by molar-refractivity contribution is 7.92. The number of fused-ring (bicyclic) bond motifs is 1. The molecule has 17 heavy (non-hydrogen) atoms. The van der Waals surface area contributed by atoms with E-state index in [1.54, 1.807) is 4.31 Å². The van der Waals surface area contributed by atoms with Gasteiger partial charge in [-0.05, 0) is 42.9 Å². The molecule has 0 radical (unpaired) electrons. The van der Waals surface area contributed by atoms with Crippen LogP contribution in [-0.4, -0.2) is 21.2 Å². The molecule has 2 rings (SSSR count). The molecule has 4 heteroatoms. The van der Waals surface area contributed by atoms with E-state index in [4.69, 9.17) is 0 Å². The molecule has 3 nitrogen and oxygen atoms in total. The maximum absolute atomic E-state index is 11.9. The highest BCUT2D eigenvalue weighted by Crippen LogP contribution is 2.36. The van der Waals surface area contributed by atoms with Crippen LogP contribution in [-0.2, 0) is 16.4 Å². The fraction of sp³-hybridized carbons (Fsp3) is 0.538. The molecule has 1 atom stereocenters. The predicted octanol–water partition coefficient (Wildman–Crippen LogP) is 2.26. The third-order valence-electron chi connectivity index (χ3n) is 3.40. The van der Waals surface area contributed by atoms with Gasteiger partial charge in [0.15, 0.2) is 0 Å². The number of hydrogen-bond donors (Lipinski definition) is 0. The molecule has 1 aliphatic heterocycles. The summed E-state index contributed by atoms with van der Waals surface area (Å²) in [7, 11) is -3.18. The Labute approximate surface area is 104 Å². The number of aryl methyl sites for hydroxylation is 2. The second-order valence-corrected chi connectivity index (χ2v) is 7.04. The summed E-state index contributed by atoms with van der Waals surface area (Å²) in [6, 6.07) is 4.08. The molecule has 1 heterocycles. The number of benzene rings is 1. The Hall–Kier alpha value is -1.03. The van der Waals surface area contributed by atoms with Crippen molar-refractivity contribution in [3.63, 3.8) is 0 Å². The molecule has 1 aromatic rings. The fourth-order valence-electron chi connectivity index (χ4n) is 2.55. The van der Waals surface area contributed by atoms with E-state index in [1.165, 1.54) is 17.4 Å². The lowest BCUT2D eigenvalue weighted by molar-refractivity contribution is 0.546. The highest BCUT2D eigenvalue weighted by atomic mass is 32.2. The van der Waals surface area contributed by atoms with Crippen molar-refractivity contribution in [2.24, 2.45) is 5.92 Å². The largest absolute Gasteiger partial charge is 0.270 e. The molecule has 0 aromatic heterocycles. The summed E-state index contributed by atoms with van der Waals surface area (Å²) in [5.74, 6) is 0.373. The Balaban J connectivity index is 2.68. The standard InChI is InChI=1S/C13H19NO2S/c1-9-7-12-10(2)5-6-11(3)13(12)14(8-9)17(4,15)16/h5-6,9H,7-8H2,1-4H3. The van der Waals surface area contributed by atoms with Crippen molar-refractivity contribution in [2.75, 3.05) is 17.1 Å². The van der Waals surface area contributed by atoms with Crippen molar-refractivity contribution in [2.45, 2.75) is 27.2 Å². The van der Waals surface area contributed by atoms with Crippen LogP contribution in [0, 0.1) is 19.8 Å². The lowest BCUT2D eigenvalue weighted by Gasteiger charge is -2.35. The first-order valence-corrected chi connectivity index (χ1v) is 7.72. The average molecular weight is 253 g/mol. The van der Waals surface area contributed by atoms with Gasteiger partial charge in [0.05, 0.1) is 11.9 Å². The van der Waals surface area contributed by atoms with Gasteiger partial charge in [0.25, 0.3) is 0 Å². The Morgan fingerprint density at radius 1 is 1.24 bits per heavy atom. The van der Waals surface area contributed by atoms with Gasteiger partial charge in [-0.3, -0.25) is 4.31 Å². The Morgan fingerprint density at radius 3 is 2.41 bits per heavy atom. The van der Waals surface area contributed by atoms with Gasteiger partial charge in [-0.1, -0.05) is 19.1 Å². The molecule has 94 valence electrons. The third kappa shape index (κ3) is 2.18. The van der Waals surface area contributed by atoms with Crippen molar-refractivity contribution in [1.82, 2.24) is 0 Å². The summed E-state index contributed by atoms with van der Waals surface area (Å²) < 4.78 is 25.3. The van der Waals surface area contributed by atoms with Crippen LogP contribution in [0.25, 0.3) is 0 Å². The quantitative estimate of drug-likeness (QED) is 0.770. The molecule has 0 bridgehead atoms. The number of sulfonamides is 1. The van der Waals surface area contributed by atoms with Crippen LogP contribution in [0.1, 0.15) is 23.6 Å².